The Morgan fingerprint density at radius 2 is 1.69 bits per heavy atom. The summed E-state index contributed by atoms with van der Waals surface area (Å²) in [6.07, 6.45) is 2.47. The lowest BCUT2D eigenvalue weighted by Gasteiger charge is -2.22. The Balaban J connectivity index is 1.96. The van der Waals surface area contributed by atoms with Crippen LogP contribution in [0.4, 0.5) is 5.69 Å². The summed E-state index contributed by atoms with van der Waals surface area (Å²) in [6.45, 7) is 2.58. The first-order valence-corrected chi connectivity index (χ1v) is 12.2. The molecule has 9 heteroatoms. The number of para-hydroxylation sites is 1. The number of nitrogens with one attached hydrogen (secondary N) is 1. The van der Waals surface area contributed by atoms with Gasteiger partial charge >= 0.3 is 0 Å². The molecule has 2 aromatic rings. The van der Waals surface area contributed by atoms with Gasteiger partial charge in [-0.05, 0) is 55.7 Å². The van der Waals surface area contributed by atoms with Crippen LogP contribution in [0.15, 0.2) is 48.5 Å². The van der Waals surface area contributed by atoms with E-state index in [1.165, 1.54) is 17.0 Å². The molecule has 0 atom stereocenters. The molecule has 0 aromatic heterocycles. The zero-order chi connectivity index (χ0) is 23.7. The zero-order valence-electron chi connectivity index (χ0n) is 19.0. The maximum Gasteiger partial charge on any atom is 0.253 e. The third kappa shape index (κ3) is 7.26. The molecule has 32 heavy (non-hydrogen) atoms. The van der Waals surface area contributed by atoms with E-state index >= 15 is 0 Å². The molecule has 0 heterocycles. The molecule has 0 bridgehead atoms. The van der Waals surface area contributed by atoms with Gasteiger partial charge in [-0.25, -0.2) is 8.42 Å². The lowest BCUT2D eigenvalue weighted by atomic mass is 10.1. The molecule has 0 aliphatic carbocycles. The van der Waals surface area contributed by atoms with Crippen LogP contribution in [0, 0.1) is 0 Å². The second-order valence-electron chi connectivity index (χ2n) is 7.51. The molecule has 2 aromatic carbocycles. The summed E-state index contributed by atoms with van der Waals surface area (Å²) in [4.78, 5) is 25.9. The molecule has 0 saturated heterocycles. The van der Waals surface area contributed by atoms with Crippen molar-refractivity contribution in [2.24, 2.45) is 0 Å². The molecule has 2 rings (SSSR count). The maximum atomic E-state index is 12.4. The Labute approximate surface area is 190 Å². The summed E-state index contributed by atoms with van der Waals surface area (Å²) in [5.41, 5.74) is 1.82. The first-order chi connectivity index (χ1) is 15.1. The van der Waals surface area contributed by atoms with Gasteiger partial charge < -0.3 is 15.0 Å². The summed E-state index contributed by atoms with van der Waals surface area (Å²) in [6, 6.07) is 13.9. The summed E-state index contributed by atoms with van der Waals surface area (Å²) in [5.74, 6) is 0.244. The number of amides is 2. The average Bonchev–Trinajstić information content (AvgIpc) is 2.75. The van der Waals surface area contributed by atoms with Crippen molar-refractivity contribution >= 4 is 27.5 Å². The van der Waals surface area contributed by atoms with Crippen molar-refractivity contribution in [3.05, 3.63) is 59.7 Å². The highest BCUT2D eigenvalue weighted by Crippen LogP contribution is 2.20. The Morgan fingerprint density at radius 1 is 1.03 bits per heavy atom. The molecule has 0 radical (unpaired) electrons. The predicted octanol–water partition coefficient (Wildman–Crippen LogP) is 2.30. The van der Waals surface area contributed by atoms with Gasteiger partial charge in [-0.2, -0.15) is 0 Å². The molecule has 0 aliphatic heterocycles. The molecule has 0 aliphatic rings. The van der Waals surface area contributed by atoms with Crippen molar-refractivity contribution in [1.29, 1.82) is 0 Å². The van der Waals surface area contributed by atoms with Crippen LogP contribution in [0.2, 0.25) is 0 Å². The number of hydrogen-bond acceptors (Lipinski definition) is 5. The molecule has 2 amide bonds. The summed E-state index contributed by atoms with van der Waals surface area (Å²) in [7, 11) is -0.412. The summed E-state index contributed by atoms with van der Waals surface area (Å²) in [5, 5.41) is 2.77. The fourth-order valence-electron chi connectivity index (χ4n) is 3.13. The minimum Gasteiger partial charge on any atom is -0.494 e. The van der Waals surface area contributed by atoms with E-state index < -0.39 is 15.9 Å². The highest BCUT2D eigenvalue weighted by atomic mass is 32.2. The van der Waals surface area contributed by atoms with Gasteiger partial charge in [0, 0.05) is 26.2 Å². The van der Waals surface area contributed by atoms with Crippen LogP contribution >= 0.6 is 0 Å². The van der Waals surface area contributed by atoms with E-state index in [1.54, 1.807) is 26.2 Å². The number of nitrogens with zero attached hydrogens (tertiary/aromatic N) is 2. The lowest BCUT2D eigenvalue weighted by molar-refractivity contribution is -0.119. The molecule has 8 nitrogen and oxygen atoms in total. The Bertz CT molecular complexity index is 1020. The van der Waals surface area contributed by atoms with Crippen LogP contribution in [-0.2, 0) is 21.2 Å². The quantitative estimate of drug-likeness (QED) is 0.518. The van der Waals surface area contributed by atoms with Crippen molar-refractivity contribution in [3.63, 3.8) is 0 Å². The number of sulfonamides is 1. The number of hydrogen-bond donors (Lipinski definition) is 1. The van der Waals surface area contributed by atoms with Crippen molar-refractivity contribution in [2.75, 3.05) is 44.4 Å². The van der Waals surface area contributed by atoms with Gasteiger partial charge in [-0.15, -0.1) is 0 Å². The number of carbonyl (C=O) groups is 2. The van der Waals surface area contributed by atoms with Gasteiger partial charge in [-0.3, -0.25) is 13.9 Å². The lowest BCUT2D eigenvalue weighted by Crippen LogP contribution is -2.40. The van der Waals surface area contributed by atoms with Crippen LogP contribution in [0.5, 0.6) is 5.75 Å². The number of anilines is 1. The van der Waals surface area contributed by atoms with Gasteiger partial charge in [-0.1, -0.05) is 18.2 Å². The monoisotopic (exact) mass is 461 g/mol. The highest BCUT2D eigenvalue weighted by Gasteiger charge is 2.21. The van der Waals surface area contributed by atoms with Crippen molar-refractivity contribution in [1.82, 2.24) is 10.2 Å². The Morgan fingerprint density at radius 3 is 2.28 bits per heavy atom. The van der Waals surface area contributed by atoms with E-state index in [0.29, 0.717) is 30.8 Å². The van der Waals surface area contributed by atoms with Gasteiger partial charge in [0.2, 0.25) is 15.9 Å². The van der Waals surface area contributed by atoms with Gasteiger partial charge in [0.05, 0.1) is 18.6 Å². The third-order valence-corrected chi connectivity index (χ3v) is 5.85. The topological polar surface area (TPSA) is 96.0 Å². The first kappa shape index (κ1) is 25.2. The zero-order valence-corrected chi connectivity index (χ0v) is 19.8. The second-order valence-corrected chi connectivity index (χ2v) is 9.42. The van der Waals surface area contributed by atoms with Crippen LogP contribution in [-0.4, -0.2) is 65.2 Å². The molecular formula is C23H31N3O5S. The van der Waals surface area contributed by atoms with Gasteiger partial charge in [0.1, 0.15) is 12.3 Å². The van der Waals surface area contributed by atoms with Crippen molar-refractivity contribution in [2.45, 2.75) is 19.8 Å². The molecule has 0 unspecified atom stereocenters. The second kappa shape index (κ2) is 11.5. The number of benzene rings is 2. The van der Waals surface area contributed by atoms with Crippen molar-refractivity contribution in [3.8, 4) is 5.75 Å². The van der Waals surface area contributed by atoms with E-state index in [1.807, 2.05) is 31.2 Å². The number of aryl methyl sites for hydroxylation is 1. The van der Waals surface area contributed by atoms with Crippen LogP contribution in [0.1, 0.15) is 29.3 Å². The molecule has 0 saturated carbocycles. The molecule has 0 fully saturated rings. The fraction of sp³-hybridized carbons (Fsp3) is 0.391. The van der Waals surface area contributed by atoms with Crippen LogP contribution in [0.25, 0.3) is 0 Å². The first-order valence-electron chi connectivity index (χ1n) is 10.4. The molecular weight excluding hydrogens is 430 g/mol. The van der Waals surface area contributed by atoms with Gasteiger partial charge in [0.25, 0.3) is 5.91 Å². The average molecular weight is 462 g/mol. The SMILES string of the molecule is CCOc1ccccc1CCCNC(=O)CN(c1ccc(C(=O)N(C)C)cc1)S(C)(=O)=O. The molecule has 174 valence electrons. The summed E-state index contributed by atoms with van der Waals surface area (Å²) >= 11 is 0. The fourth-order valence-corrected chi connectivity index (χ4v) is 3.98. The van der Waals surface area contributed by atoms with Crippen LogP contribution in [0.3, 0.4) is 0 Å². The third-order valence-electron chi connectivity index (χ3n) is 4.71. The normalized spacial score (nSPS) is 11.0. The van der Waals surface area contributed by atoms with E-state index in [-0.39, 0.29) is 12.5 Å². The van der Waals surface area contributed by atoms with Gasteiger partial charge in [0.15, 0.2) is 0 Å². The number of rotatable bonds is 11. The van der Waals surface area contributed by atoms with E-state index in [0.717, 1.165) is 28.3 Å². The Hall–Kier alpha value is -3.07. The van der Waals surface area contributed by atoms with E-state index in [9.17, 15) is 18.0 Å². The van der Waals surface area contributed by atoms with E-state index in [4.69, 9.17) is 4.74 Å². The number of ether oxygens (including phenoxy) is 1. The molecule has 1 N–H and O–H groups in total. The largest absolute Gasteiger partial charge is 0.494 e. The summed E-state index contributed by atoms with van der Waals surface area (Å²) < 4.78 is 31.2. The predicted molar refractivity (Wildman–Crippen MR) is 126 cm³/mol. The Kier molecular flexibility index (Phi) is 9.07. The highest BCUT2D eigenvalue weighted by molar-refractivity contribution is 7.92. The minimum atomic E-state index is -3.69. The maximum absolute atomic E-state index is 12.4. The molecule has 0 spiro atoms. The van der Waals surface area contributed by atoms with Crippen molar-refractivity contribution < 1.29 is 22.7 Å². The van der Waals surface area contributed by atoms with Crippen LogP contribution < -0.4 is 14.4 Å². The standard InChI is InChI=1S/C23H31N3O5S/c1-5-31-21-11-7-6-9-18(21)10-8-16-24-22(27)17-26(32(4,29)30)20-14-12-19(13-15-20)23(28)25(2)3/h6-7,9,11-15H,5,8,10,16-17H2,1-4H3,(H,24,27). The van der Waals surface area contributed by atoms with E-state index in [2.05, 4.69) is 5.32 Å². The number of carbonyl (C=O) groups excluding carboxylic acids is 2. The minimum absolute atomic E-state index is 0.189. The smallest absolute Gasteiger partial charge is 0.253 e.